The zero-order valence-corrected chi connectivity index (χ0v) is 9.85. The number of aldehydes is 1. The monoisotopic (exact) mass is 242 g/mol. The predicted molar refractivity (Wildman–Crippen MR) is 68.5 cm³/mol. The summed E-state index contributed by atoms with van der Waals surface area (Å²) in [5, 5.41) is 4.00. The lowest BCUT2D eigenvalue weighted by molar-refractivity contribution is 0.112. The first-order valence-electron chi connectivity index (χ1n) is 5.30. The van der Waals surface area contributed by atoms with Crippen LogP contribution in [0.3, 0.4) is 0 Å². The normalized spacial score (nSPS) is 10.8. The van der Waals surface area contributed by atoms with Crippen LogP contribution < -0.4 is 0 Å². The average molecular weight is 242 g/mol. The summed E-state index contributed by atoms with van der Waals surface area (Å²) in [6.07, 6.45) is 4.59. The summed E-state index contributed by atoms with van der Waals surface area (Å²) in [7, 11) is 0. The highest BCUT2D eigenvalue weighted by Crippen LogP contribution is 2.21. The number of carbonyl (C=O) groups excluding carboxylic acids is 1. The fourth-order valence-corrected chi connectivity index (χ4v) is 2.59. The van der Waals surface area contributed by atoms with E-state index in [-0.39, 0.29) is 0 Å². The van der Waals surface area contributed by atoms with Gasteiger partial charge in [0.2, 0.25) is 0 Å². The minimum absolute atomic E-state index is 0.714. The third-order valence-corrected chi connectivity index (χ3v) is 3.50. The van der Waals surface area contributed by atoms with Crippen molar-refractivity contribution in [3.63, 3.8) is 0 Å². The third-order valence-electron chi connectivity index (χ3n) is 2.74. The summed E-state index contributed by atoms with van der Waals surface area (Å²) < 4.78 is 2.07. The van der Waals surface area contributed by atoms with E-state index in [1.807, 2.05) is 35.8 Å². The van der Waals surface area contributed by atoms with E-state index in [0.717, 1.165) is 27.8 Å². The van der Waals surface area contributed by atoms with Crippen LogP contribution in [0.25, 0.3) is 10.9 Å². The average Bonchev–Trinajstić information content (AvgIpc) is 2.98. The highest BCUT2D eigenvalue weighted by Gasteiger charge is 2.08. The minimum Gasteiger partial charge on any atom is -0.340 e. The van der Waals surface area contributed by atoms with Crippen LogP contribution >= 0.6 is 11.3 Å². The van der Waals surface area contributed by atoms with Gasteiger partial charge in [0.25, 0.3) is 0 Å². The molecule has 3 rings (SSSR count). The number of rotatable bonds is 3. The second kappa shape index (κ2) is 4.14. The molecule has 0 radical (unpaired) electrons. The van der Waals surface area contributed by atoms with Crippen LogP contribution in [0.2, 0.25) is 0 Å². The number of carbonyl (C=O) groups is 1. The van der Waals surface area contributed by atoms with Gasteiger partial charge in [-0.3, -0.25) is 4.79 Å². The third kappa shape index (κ3) is 1.76. The van der Waals surface area contributed by atoms with Crippen molar-refractivity contribution in [3.8, 4) is 0 Å². The molecule has 0 bridgehead atoms. The zero-order valence-electron chi connectivity index (χ0n) is 9.04. The highest BCUT2D eigenvalue weighted by atomic mass is 32.1. The summed E-state index contributed by atoms with van der Waals surface area (Å²) in [5.74, 6) is 0. The van der Waals surface area contributed by atoms with Crippen molar-refractivity contribution in [2.75, 3.05) is 0 Å². The standard InChI is InChI=1S/C13H10N2OS/c16-9-10-7-15(8-13-14-5-6-17-13)12-4-2-1-3-11(10)12/h1-7,9H,8H2. The number of thiazole rings is 1. The maximum atomic E-state index is 11.0. The molecule has 0 unspecified atom stereocenters. The molecule has 0 spiro atoms. The lowest BCUT2D eigenvalue weighted by Crippen LogP contribution is -1.96. The van der Waals surface area contributed by atoms with Crippen molar-refractivity contribution in [3.05, 3.63) is 52.6 Å². The van der Waals surface area contributed by atoms with E-state index in [1.165, 1.54) is 0 Å². The molecular weight excluding hydrogens is 232 g/mol. The fourth-order valence-electron chi connectivity index (χ4n) is 1.98. The molecule has 4 heteroatoms. The van der Waals surface area contributed by atoms with Crippen LogP contribution in [0.4, 0.5) is 0 Å². The zero-order chi connectivity index (χ0) is 11.7. The van der Waals surface area contributed by atoms with Crippen molar-refractivity contribution in [2.45, 2.75) is 6.54 Å². The van der Waals surface area contributed by atoms with Crippen LogP contribution in [0, 0.1) is 0 Å². The lowest BCUT2D eigenvalue weighted by Gasteiger charge is -2.01. The van der Waals surface area contributed by atoms with E-state index in [2.05, 4.69) is 9.55 Å². The quantitative estimate of drug-likeness (QED) is 0.662. The summed E-state index contributed by atoms with van der Waals surface area (Å²) in [6.45, 7) is 0.714. The van der Waals surface area contributed by atoms with Gasteiger partial charge in [-0.05, 0) is 6.07 Å². The second-order valence-corrected chi connectivity index (χ2v) is 4.75. The van der Waals surface area contributed by atoms with Crippen molar-refractivity contribution in [2.24, 2.45) is 0 Å². The Labute approximate surface area is 102 Å². The van der Waals surface area contributed by atoms with E-state index in [0.29, 0.717) is 6.54 Å². The van der Waals surface area contributed by atoms with Crippen LogP contribution in [-0.2, 0) is 6.54 Å². The van der Waals surface area contributed by atoms with Crippen LogP contribution in [0.5, 0.6) is 0 Å². The summed E-state index contributed by atoms with van der Waals surface area (Å²) >= 11 is 1.62. The van der Waals surface area contributed by atoms with Crippen LogP contribution in [0.1, 0.15) is 15.4 Å². The Kier molecular flexibility index (Phi) is 2.49. The van der Waals surface area contributed by atoms with E-state index in [4.69, 9.17) is 0 Å². The molecule has 17 heavy (non-hydrogen) atoms. The van der Waals surface area contributed by atoms with Crippen molar-refractivity contribution >= 4 is 28.5 Å². The van der Waals surface area contributed by atoms with Crippen molar-refractivity contribution < 1.29 is 4.79 Å². The molecule has 2 aromatic heterocycles. The Morgan fingerprint density at radius 2 is 2.24 bits per heavy atom. The number of benzene rings is 1. The molecule has 0 fully saturated rings. The van der Waals surface area contributed by atoms with Gasteiger partial charge >= 0.3 is 0 Å². The number of nitrogens with zero attached hydrogens (tertiary/aromatic N) is 2. The molecule has 0 aliphatic rings. The molecule has 3 nitrogen and oxygen atoms in total. The second-order valence-electron chi connectivity index (χ2n) is 3.77. The molecule has 84 valence electrons. The molecule has 0 N–H and O–H groups in total. The Bertz CT molecular complexity index is 655. The van der Waals surface area contributed by atoms with E-state index in [1.54, 1.807) is 17.5 Å². The molecule has 3 aromatic rings. The Hall–Kier alpha value is -1.94. The van der Waals surface area contributed by atoms with Gasteiger partial charge in [0, 0.05) is 34.2 Å². The summed E-state index contributed by atoms with van der Waals surface area (Å²) in [5.41, 5.74) is 1.81. The molecular formula is C13H10N2OS. The SMILES string of the molecule is O=Cc1cn(Cc2nccs2)c2ccccc12. The van der Waals surface area contributed by atoms with Gasteiger partial charge in [-0.2, -0.15) is 0 Å². The molecule has 0 saturated heterocycles. The van der Waals surface area contributed by atoms with Gasteiger partial charge in [0.05, 0.1) is 6.54 Å². The molecule has 0 saturated carbocycles. The maximum Gasteiger partial charge on any atom is 0.152 e. The number of para-hydroxylation sites is 1. The Balaban J connectivity index is 2.13. The lowest BCUT2D eigenvalue weighted by atomic mass is 10.2. The van der Waals surface area contributed by atoms with Crippen LogP contribution in [-0.4, -0.2) is 15.8 Å². The smallest absolute Gasteiger partial charge is 0.152 e. The summed E-state index contributed by atoms with van der Waals surface area (Å²) in [6, 6.07) is 7.92. The highest BCUT2D eigenvalue weighted by molar-refractivity contribution is 7.09. The first-order valence-corrected chi connectivity index (χ1v) is 6.18. The molecule has 2 heterocycles. The molecule has 0 atom stereocenters. The molecule has 0 amide bonds. The van der Waals surface area contributed by atoms with Gasteiger partial charge < -0.3 is 4.57 Å². The van der Waals surface area contributed by atoms with E-state index < -0.39 is 0 Å². The minimum atomic E-state index is 0.714. The fraction of sp³-hybridized carbons (Fsp3) is 0.0769. The number of fused-ring (bicyclic) bond motifs is 1. The first kappa shape index (κ1) is 10.2. The number of aromatic nitrogens is 2. The van der Waals surface area contributed by atoms with Gasteiger partial charge in [0.15, 0.2) is 6.29 Å². The first-order chi connectivity index (χ1) is 8.38. The Morgan fingerprint density at radius 1 is 1.35 bits per heavy atom. The molecule has 0 aliphatic heterocycles. The Morgan fingerprint density at radius 3 is 3.00 bits per heavy atom. The van der Waals surface area contributed by atoms with Gasteiger partial charge in [0.1, 0.15) is 5.01 Å². The van der Waals surface area contributed by atoms with Crippen molar-refractivity contribution in [1.29, 1.82) is 0 Å². The van der Waals surface area contributed by atoms with E-state index >= 15 is 0 Å². The van der Waals surface area contributed by atoms with Gasteiger partial charge in [-0.25, -0.2) is 4.98 Å². The maximum absolute atomic E-state index is 11.0. The number of hydrogen-bond donors (Lipinski definition) is 0. The predicted octanol–water partition coefficient (Wildman–Crippen LogP) is 2.96. The molecule has 0 aliphatic carbocycles. The van der Waals surface area contributed by atoms with Crippen LogP contribution in [0.15, 0.2) is 42.0 Å². The summed E-state index contributed by atoms with van der Waals surface area (Å²) in [4.78, 5) is 15.3. The topological polar surface area (TPSA) is 34.9 Å². The van der Waals surface area contributed by atoms with Gasteiger partial charge in [-0.15, -0.1) is 11.3 Å². The number of hydrogen-bond acceptors (Lipinski definition) is 3. The van der Waals surface area contributed by atoms with E-state index in [9.17, 15) is 4.79 Å². The molecule has 1 aromatic carbocycles. The van der Waals surface area contributed by atoms with Gasteiger partial charge in [-0.1, -0.05) is 18.2 Å². The largest absolute Gasteiger partial charge is 0.340 e. The van der Waals surface area contributed by atoms with Crippen molar-refractivity contribution in [1.82, 2.24) is 9.55 Å².